The molecule has 0 aromatic carbocycles. The largest absolute Gasteiger partial charge is 0.393 e. The van der Waals surface area contributed by atoms with Crippen molar-refractivity contribution in [2.45, 2.75) is 32.3 Å². The van der Waals surface area contributed by atoms with Gasteiger partial charge in [-0.15, -0.1) is 0 Å². The highest BCUT2D eigenvalue weighted by molar-refractivity contribution is 5.77. The number of nitrogens with one attached hydrogen (secondary N) is 2. The zero-order valence-electron chi connectivity index (χ0n) is 10.3. The van der Waals surface area contributed by atoms with Crippen molar-refractivity contribution in [3.8, 4) is 0 Å². The number of aliphatic hydroxyl groups excluding tert-OH is 1. The molecule has 0 saturated carbocycles. The number of rotatable bonds is 10. The maximum atomic E-state index is 11.2. The average molecular weight is 232 g/mol. The number of aliphatic hydroxyl groups is 1. The highest BCUT2D eigenvalue weighted by Gasteiger charge is 2.02. The summed E-state index contributed by atoms with van der Waals surface area (Å²) in [5.41, 5.74) is 0. The summed E-state index contributed by atoms with van der Waals surface area (Å²) in [4.78, 5) is 11.2. The maximum absolute atomic E-state index is 11.2. The Balaban J connectivity index is 3.24. The van der Waals surface area contributed by atoms with Crippen LogP contribution in [0.4, 0.5) is 0 Å². The van der Waals surface area contributed by atoms with E-state index in [1.165, 1.54) is 0 Å². The third kappa shape index (κ3) is 9.89. The van der Waals surface area contributed by atoms with Crippen LogP contribution in [-0.4, -0.2) is 50.5 Å². The Morgan fingerprint density at radius 3 is 2.81 bits per heavy atom. The normalized spacial score (nSPS) is 12.4. The van der Waals surface area contributed by atoms with E-state index in [1.54, 1.807) is 7.11 Å². The molecule has 0 fully saturated rings. The lowest BCUT2D eigenvalue weighted by molar-refractivity contribution is -0.120. The number of methoxy groups -OCH3 is 1. The predicted molar refractivity (Wildman–Crippen MR) is 63.3 cm³/mol. The molecule has 0 aliphatic heterocycles. The van der Waals surface area contributed by atoms with Gasteiger partial charge in [-0.3, -0.25) is 4.79 Å². The molecule has 0 aromatic heterocycles. The number of hydrogen-bond donors (Lipinski definition) is 3. The molecule has 5 heteroatoms. The van der Waals surface area contributed by atoms with Gasteiger partial charge >= 0.3 is 0 Å². The van der Waals surface area contributed by atoms with E-state index in [0.717, 1.165) is 12.8 Å². The van der Waals surface area contributed by atoms with E-state index in [-0.39, 0.29) is 12.0 Å². The van der Waals surface area contributed by atoms with Crippen molar-refractivity contribution in [3.05, 3.63) is 0 Å². The van der Waals surface area contributed by atoms with Gasteiger partial charge in [-0.25, -0.2) is 0 Å². The summed E-state index contributed by atoms with van der Waals surface area (Å²) in [6.07, 6.45) is 2.01. The Morgan fingerprint density at radius 1 is 1.44 bits per heavy atom. The summed E-state index contributed by atoms with van der Waals surface area (Å²) in [6, 6.07) is 0. The lowest BCUT2D eigenvalue weighted by Crippen LogP contribution is -2.35. The van der Waals surface area contributed by atoms with E-state index in [2.05, 4.69) is 10.6 Å². The smallest absolute Gasteiger partial charge is 0.233 e. The van der Waals surface area contributed by atoms with Crippen molar-refractivity contribution >= 4 is 5.91 Å². The van der Waals surface area contributed by atoms with Gasteiger partial charge in [-0.05, 0) is 25.8 Å². The van der Waals surface area contributed by atoms with Crippen molar-refractivity contribution in [3.63, 3.8) is 0 Å². The van der Waals surface area contributed by atoms with Crippen LogP contribution in [0.5, 0.6) is 0 Å². The van der Waals surface area contributed by atoms with Crippen LogP contribution in [0.3, 0.4) is 0 Å². The number of amides is 1. The quantitative estimate of drug-likeness (QED) is 0.460. The molecule has 1 atom stereocenters. The number of carbonyl (C=O) groups excluding carboxylic acids is 1. The number of ether oxygens (including phenoxy) is 1. The van der Waals surface area contributed by atoms with Crippen molar-refractivity contribution < 1.29 is 14.6 Å². The third-order valence-electron chi connectivity index (χ3n) is 2.26. The molecule has 0 aromatic rings. The minimum Gasteiger partial charge on any atom is -0.393 e. The van der Waals surface area contributed by atoms with E-state index in [1.807, 2.05) is 6.92 Å². The molecule has 0 aliphatic rings. The second-order valence-corrected chi connectivity index (χ2v) is 3.72. The second-order valence-electron chi connectivity index (χ2n) is 3.72. The summed E-state index contributed by atoms with van der Waals surface area (Å²) in [5, 5.41) is 15.0. The monoisotopic (exact) mass is 232 g/mol. The Labute approximate surface area is 97.6 Å². The molecular formula is C11H24N2O3. The van der Waals surface area contributed by atoms with Crippen LogP contribution in [0.15, 0.2) is 0 Å². The molecule has 0 radical (unpaired) electrons. The van der Waals surface area contributed by atoms with E-state index < -0.39 is 0 Å². The van der Waals surface area contributed by atoms with Crippen molar-refractivity contribution in [2.75, 3.05) is 33.4 Å². The second kappa shape index (κ2) is 10.9. The molecule has 0 heterocycles. The topological polar surface area (TPSA) is 70.6 Å². The van der Waals surface area contributed by atoms with Crippen LogP contribution in [0.25, 0.3) is 0 Å². The Hall–Kier alpha value is -0.650. The zero-order chi connectivity index (χ0) is 12.2. The van der Waals surface area contributed by atoms with Crippen LogP contribution >= 0.6 is 0 Å². The standard InChI is InChI=1S/C11H24N2O3/c1-3-10(14)5-7-12-9-11(15)13-6-4-8-16-2/h10,12,14H,3-9H2,1-2H3,(H,13,15). The van der Waals surface area contributed by atoms with Gasteiger partial charge in [0.1, 0.15) is 0 Å². The fourth-order valence-corrected chi connectivity index (χ4v) is 1.18. The maximum Gasteiger partial charge on any atom is 0.233 e. The third-order valence-corrected chi connectivity index (χ3v) is 2.26. The molecule has 1 amide bonds. The van der Waals surface area contributed by atoms with Gasteiger partial charge in [-0.1, -0.05) is 6.92 Å². The first kappa shape index (κ1) is 15.3. The Kier molecular flexibility index (Phi) is 10.4. The van der Waals surface area contributed by atoms with Gasteiger partial charge in [0.15, 0.2) is 0 Å². The van der Waals surface area contributed by atoms with Crippen molar-refractivity contribution in [1.82, 2.24) is 10.6 Å². The number of carbonyl (C=O) groups is 1. The summed E-state index contributed by atoms with van der Waals surface area (Å²) in [6.45, 7) is 4.22. The van der Waals surface area contributed by atoms with Crippen LogP contribution < -0.4 is 10.6 Å². The fourth-order valence-electron chi connectivity index (χ4n) is 1.18. The lowest BCUT2D eigenvalue weighted by Gasteiger charge is -2.09. The average Bonchev–Trinajstić information content (AvgIpc) is 2.30. The van der Waals surface area contributed by atoms with Gasteiger partial charge in [0.25, 0.3) is 0 Å². The minimum absolute atomic E-state index is 0.0120. The summed E-state index contributed by atoms with van der Waals surface area (Å²) < 4.78 is 4.87. The first-order valence-electron chi connectivity index (χ1n) is 5.85. The number of hydrogen-bond acceptors (Lipinski definition) is 4. The molecule has 0 spiro atoms. The molecule has 96 valence electrons. The Morgan fingerprint density at radius 2 is 2.19 bits per heavy atom. The van der Waals surface area contributed by atoms with Gasteiger partial charge in [0, 0.05) is 20.3 Å². The predicted octanol–water partition coefficient (Wildman–Crippen LogP) is -0.110. The molecule has 0 saturated heterocycles. The zero-order valence-corrected chi connectivity index (χ0v) is 10.3. The molecule has 5 nitrogen and oxygen atoms in total. The highest BCUT2D eigenvalue weighted by Crippen LogP contribution is 1.93. The van der Waals surface area contributed by atoms with Crippen LogP contribution in [0, 0.1) is 0 Å². The van der Waals surface area contributed by atoms with Crippen molar-refractivity contribution in [2.24, 2.45) is 0 Å². The van der Waals surface area contributed by atoms with E-state index in [4.69, 9.17) is 4.74 Å². The summed E-state index contributed by atoms with van der Waals surface area (Å²) >= 11 is 0. The van der Waals surface area contributed by atoms with Gasteiger partial charge in [-0.2, -0.15) is 0 Å². The minimum atomic E-state index is -0.266. The van der Waals surface area contributed by atoms with Crippen LogP contribution in [0.1, 0.15) is 26.2 Å². The van der Waals surface area contributed by atoms with Gasteiger partial charge in [0.2, 0.25) is 5.91 Å². The van der Waals surface area contributed by atoms with E-state index in [0.29, 0.717) is 32.7 Å². The molecular weight excluding hydrogens is 208 g/mol. The van der Waals surface area contributed by atoms with E-state index in [9.17, 15) is 9.90 Å². The first-order valence-corrected chi connectivity index (χ1v) is 5.85. The molecule has 1 unspecified atom stereocenters. The van der Waals surface area contributed by atoms with Gasteiger partial charge < -0.3 is 20.5 Å². The Bertz CT molecular complexity index is 177. The molecule has 16 heavy (non-hydrogen) atoms. The molecule has 0 rings (SSSR count). The summed E-state index contributed by atoms with van der Waals surface area (Å²) in [5.74, 6) is -0.0120. The van der Waals surface area contributed by atoms with Crippen LogP contribution in [0.2, 0.25) is 0 Å². The fraction of sp³-hybridized carbons (Fsp3) is 0.909. The molecule has 3 N–H and O–H groups in total. The SMILES string of the molecule is CCC(O)CCNCC(=O)NCCCOC. The lowest BCUT2D eigenvalue weighted by atomic mass is 10.2. The molecule has 0 aliphatic carbocycles. The van der Waals surface area contributed by atoms with E-state index >= 15 is 0 Å². The highest BCUT2D eigenvalue weighted by atomic mass is 16.5. The van der Waals surface area contributed by atoms with Gasteiger partial charge in [0.05, 0.1) is 12.6 Å². The van der Waals surface area contributed by atoms with Crippen molar-refractivity contribution in [1.29, 1.82) is 0 Å². The molecule has 0 bridgehead atoms. The van der Waals surface area contributed by atoms with Crippen LogP contribution in [-0.2, 0) is 9.53 Å². The summed E-state index contributed by atoms with van der Waals surface area (Å²) in [7, 11) is 1.64. The first-order chi connectivity index (χ1) is 7.70.